The molecule has 2 aromatic rings. The Morgan fingerprint density at radius 3 is 2.08 bits per heavy atom. The SMILES string of the molecule is C/C=C/C1CCC(CCc2ccc(-c3ccc(C4CCC(CCC)OC4)c(F)c3F)c(F)c2F)OC1. The summed E-state index contributed by atoms with van der Waals surface area (Å²) >= 11 is 0. The summed E-state index contributed by atoms with van der Waals surface area (Å²) in [6.07, 6.45) is 10.6. The van der Waals surface area contributed by atoms with E-state index in [1.165, 1.54) is 24.3 Å². The molecule has 0 bridgehead atoms. The standard InChI is InChI=1S/C30H36F4O2/c1-3-5-19-7-11-23(35-17-19)12-8-20-10-14-25(29(33)27(20)31)26-16-15-24(28(32)30(26)34)21-9-13-22(6-4-2)36-18-21/h3,5,10,14-16,19,21-23H,4,6-9,11-13,17-18H2,1-2H3/b5-3+. The minimum absolute atomic E-state index is 0.00810. The molecule has 0 spiro atoms. The molecule has 2 aromatic carbocycles. The Kier molecular flexibility index (Phi) is 9.24. The van der Waals surface area contributed by atoms with E-state index >= 15 is 13.2 Å². The molecular weight excluding hydrogens is 468 g/mol. The van der Waals surface area contributed by atoms with Gasteiger partial charge >= 0.3 is 0 Å². The second kappa shape index (κ2) is 12.4. The lowest BCUT2D eigenvalue weighted by Crippen LogP contribution is -2.25. The summed E-state index contributed by atoms with van der Waals surface area (Å²) in [5, 5.41) is 0. The van der Waals surface area contributed by atoms with Crippen LogP contribution in [0.1, 0.15) is 75.8 Å². The van der Waals surface area contributed by atoms with Gasteiger partial charge < -0.3 is 9.47 Å². The van der Waals surface area contributed by atoms with Gasteiger partial charge in [-0.2, -0.15) is 0 Å². The van der Waals surface area contributed by atoms with Gasteiger partial charge in [0.15, 0.2) is 23.3 Å². The third kappa shape index (κ3) is 6.03. The van der Waals surface area contributed by atoms with Crippen LogP contribution >= 0.6 is 0 Å². The molecule has 2 aliphatic rings. The Bertz CT molecular complexity index is 1050. The van der Waals surface area contributed by atoms with Crippen LogP contribution in [0.5, 0.6) is 0 Å². The van der Waals surface area contributed by atoms with Crippen molar-refractivity contribution in [2.75, 3.05) is 13.2 Å². The molecule has 0 aliphatic carbocycles. The van der Waals surface area contributed by atoms with Crippen LogP contribution in [0.3, 0.4) is 0 Å². The highest BCUT2D eigenvalue weighted by molar-refractivity contribution is 5.66. The zero-order chi connectivity index (χ0) is 25.7. The molecule has 4 atom stereocenters. The van der Waals surface area contributed by atoms with Crippen LogP contribution in [-0.4, -0.2) is 25.4 Å². The van der Waals surface area contributed by atoms with Crippen LogP contribution in [0.25, 0.3) is 11.1 Å². The molecule has 0 aromatic heterocycles. The molecule has 4 unspecified atom stereocenters. The van der Waals surface area contributed by atoms with E-state index in [2.05, 4.69) is 13.0 Å². The maximum Gasteiger partial charge on any atom is 0.167 e. The van der Waals surface area contributed by atoms with E-state index in [9.17, 15) is 4.39 Å². The predicted octanol–water partition coefficient (Wildman–Crippen LogP) is 8.28. The topological polar surface area (TPSA) is 18.5 Å². The van der Waals surface area contributed by atoms with E-state index in [1.54, 1.807) is 0 Å². The molecule has 6 heteroatoms. The normalized spacial score (nSPS) is 24.9. The number of aryl methyl sites for hydroxylation is 1. The van der Waals surface area contributed by atoms with Crippen LogP contribution in [0.4, 0.5) is 17.6 Å². The van der Waals surface area contributed by atoms with Gasteiger partial charge in [-0.1, -0.05) is 49.8 Å². The van der Waals surface area contributed by atoms with Crippen molar-refractivity contribution in [2.45, 2.75) is 83.3 Å². The molecule has 0 saturated carbocycles. The average Bonchev–Trinajstić information content (AvgIpc) is 2.89. The third-order valence-electron chi connectivity index (χ3n) is 7.59. The van der Waals surface area contributed by atoms with E-state index in [1.807, 2.05) is 13.0 Å². The van der Waals surface area contributed by atoms with Gasteiger partial charge in [-0.25, -0.2) is 17.6 Å². The third-order valence-corrected chi connectivity index (χ3v) is 7.59. The molecule has 2 fully saturated rings. The Labute approximate surface area is 211 Å². The van der Waals surface area contributed by atoms with Crippen molar-refractivity contribution in [3.05, 3.63) is 70.8 Å². The first kappa shape index (κ1) is 26.9. The summed E-state index contributed by atoms with van der Waals surface area (Å²) < 4.78 is 71.7. The lowest BCUT2D eigenvalue weighted by atomic mass is 9.88. The van der Waals surface area contributed by atoms with Crippen LogP contribution in [-0.2, 0) is 15.9 Å². The van der Waals surface area contributed by atoms with E-state index < -0.39 is 23.3 Å². The molecule has 0 N–H and O–H groups in total. The number of allylic oxidation sites excluding steroid dienone is 1. The quantitative estimate of drug-likeness (QED) is 0.266. The van der Waals surface area contributed by atoms with E-state index in [0.29, 0.717) is 38.4 Å². The number of benzene rings is 2. The monoisotopic (exact) mass is 504 g/mol. The van der Waals surface area contributed by atoms with E-state index in [-0.39, 0.29) is 40.4 Å². The Morgan fingerprint density at radius 2 is 1.44 bits per heavy atom. The minimum atomic E-state index is -1.15. The van der Waals surface area contributed by atoms with Crippen molar-refractivity contribution in [3.63, 3.8) is 0 Å². The van der Waals surface area contributed by atoms with Crippen LogP contribution in [0, 0.1) is 29.2 Å². The highest BCUT2D eigenvalue weighted by Crippen LogP contribution is 2.36. The number of halogens is 4. The predicted molar refractivity (Wildman–Crippen MR) is 134 cm³/mol. The molecule has 0 radical (unpaired) electrons. The summed E-state index contributed by atoms with van der Waals surface area (Å²) in [6, 6.07) is 5.64. The summed E-state index contributed by atoms with van der Waals surface area (Å²) in [4.78, 5) is 0. The fourth-order valence-electron chi connectivity index (χ4n) is 5.47. The minimum Gasteiger partial charge on any atom is -0.378 e. The van der Waals surface area contributed by atoms with Crippen molar-refractivity contribution >= 4 is 0 Å². The maximum atomic E-state index is 15.1. The van der Waals surface area contributed by atoms with Crippen molar-refractivity contribution in [3.8, 4) is 11.1 Å². The molecule has 4 rings (SSSR count). The van der Waals surface area contributed by atoms with Crippen molar-refractivity contribution in [1.29, 1.82) is 0 Å². The first-order chi connectivity index (χ1) is 17.4. The Balaban J connectivity index is 1.44. The van der Waals surface area contributed by atoms with Gasteiger partial charge in [0.1, 0.15) is 0 Å². The zero-order valence-corrected chi connectivity index (χ0v) is 21.2. The first-order valence-electron chi connectivity index (χ1n) is 13.2. The van der Waals surface area contributed by atoms with Gasteiger partial charge in [-0.15, -0.1) is 0 Å². The fourth-order valence-corrected chi connectivity index (χ4v) is 5.47. The lowest BCUT2D eigenvalue weighted by molar-refractivity contribution is -0.00800. The molecule has 0 amide bonds. The summed E-state index contributed by atoms with van der Waals surface area (Å²) in [6.45, 7) is 5.04. The van der Waals surface area contributed by atoms with Gasteiger partial charge in [0.25, 0.3) is 0 Å². The number of hydrogen-bond donors (Lipinski definition) is 0. The van der Waals surface area contributed by atoms with Crippen LogP contribution < -0.4 is 0 Å². The molecule has 2 heterocycles. The first-order valence-corrected chi connectivity index (χ1v) is 13.2. The summed E-state index contributed by atoms with van der Waals surface area (Å²) in [5.41, 5.74) is -0.0996. The highest BCUT2D eigenvalue weighted by atomic mass is 19.2. The maximum absolute atomic E-state index is 15.1. The van der Waals surface area contributed by atoms with E-state index in [0.717, 1.165) is 32.1 Å². The van der Waals surface area contributed by atoms with Crippen molar-refractivity contribution in [1.82, 2.24) is 0 Å². The van der Waals surface area contributed by atoms with Crippen molar-refractivity contribution < 1.29 is 27.0 Å². The second-order valence-corrected chi connectivity index (χ2v) is 10.1. The molecule has 36 heavy (non-hydrogen) atoms. The molecule has 2 nitrogen and oxygen atoms in total. The molecule has 2 aliphatic heterocycles. The van der Waals surface area contributed by atoms with Gasteiger partial charge in [0, 0.05) is 23.0 Å². The Morgan fingerprint density at radius 1 is 0.778 bits per heavy atom. The average molecular weight is 505 g/mol. The molecular formula is C30H36F4O2. The molecule has 2 saturated heterocycles. The van der Waals surface area contributed by atoms with Gasteiger partial charge in [-0.05, 0) is 63.0 Å². The second-order valence-electron chi connectivity index (χ2n) is 10.1. The largest absolute Gasteiger partial charge is 0.378 e. The number of hydrogen-bond acceptors (Lipinski definition) is 2. The molecule has 196 valence electrons. The smallest absolute Gasteiger partial charge is 0.167 e. The number of rotatable bonds is 8. The summed E-state index contributed by atoms with van der Waals surface area (Å²) in [7, 11) is 0. The highest BCUT2D eigenvalue weighted by Gasteiger charge is 2.28. The zero-order valence-electron chi connectivity index (χ0n) is 21.2. The Hall–Kier alpha value is -2.18. The van der Waals surface area contributed by atoms with E-state index in [4.69, 9.17) is 9.47 Å². The van der Waals surface area contributed by atoms with Crippen molar-refractivity contribution in [2.24, 2.45) is 5.92 Å². The fraction of sp³-hybridized carbons (Fsp3) is 0.533. The lowest BCUT2D eigenvalue weighted by Gasteiger charge is -2.29. The van der Waals surface area contributed by atoms with Gasteiger partial charge in [-0.3, -0.25) is 0 Å². The van der Waals surface area contributed by atoms with Gasteiger partial charge in [0.2, 0.25) is 0 Å². The van der Waals surface area contributed by atoms with Gasteiger partial charge in [0.05, 0.1) is 25.4 Å². The number of ether oxygens (including phenoxy) is 2. The summed E-state index contributed by atoms with van der Waals surface area (Å²) in [5.74, 6) is -4.17. The van der Waals surface area contributed by atoms with Crippen LogP contribution in [0.2, 0.25) is 0 Å². The van der Waals surface area contributed by atoms with Crippen LogP contribution in [0.15, 0.2) is 36.4 Å².